The fourth-order valence-corrected chi connectivity index (χ4v) is 4.20. The van der Waals surface area contributed by atoms with Crippen LogP contribution >= 0.6 is 0 Å². The molecule has 1 amide bonds. The highest BCUT2D eigenvalue weighted by molar-refractivity contribution is 5.69. The van der Waals surface area contributed by atoms with Gasteiger partial charge in [0.15, 0.2) is 11.9 Å². The maximum atomic E-state index is 12.3. The molecule has 0 atom stereocenters. The predicted octanol–water partition coefficient (Wildman–Crippen LogP) is 7.35. The Bertz CT molecular complexity index is 904. The van der Waals surface area contributed by atoms with E-state index in [0.29, 0.717) is 6.61 Å². The van der Waals surface area contributed by atoms with E-state index in [2.05, 4.69) is 53.8 Å². The molecule has 4 heteroatoms. The Morgan fingerprint density at radius 1 is 0.971 bits per heavy atom. The van der Waals surface area contributed by atoms with Crippen LogP contribution in [0, 0.1) is 0 Å². The Morgan fingerprint density at radius 2 is 1.65 bits per heavy atom. The maximum Gasteiger partial charge on any atom is 0.407 e. The second-order valence-corrected chi connectivity index (χ2v) is 9.81. The van der Waals surface area contributed by atoms with Crippen molar-refractivity contribution < 1.29 is 14.1 Å². The van der Waals surface area contributed by atoms with Gasteiger partial charge in [-0.1, -0.05) is 75.4 Å². The second kappa shape index (κ2) is 14.6. The third-order valence-corrected chi connectivity index (χ3v) is 6.42. The smallest absolute Gasteiger partial charge is 0.407 e. The predicted molar refractivity (Wildman–Crippen MR) is 142 cm³/mol. The van der Waals surface area contributed by atoms with E-state index in [1.165, 1.54) is 44.2 Å². The van der Waals surface area contributed by atoms with Gasteiger partial charge in [-0.15, -0.1) is 0 Å². The fraction of sp³-hybridized carbons (Fsp3) is 0.533. The zero-order chi connectivity index (χ0) is 24.8. The lowest BCUT2D eigenvalue weighted by atomic mass is 9.92. The number of pyridine rings is 1. The lowest BCUT2D eigenvalue weighted by molar-refractivity contribution is -0.704. The molecule has 0 radical (unpaired) electrons. The average Bonchev–Trinajstić information content (AvgIpc) is 2.82. The van der Waals surface area contributed by atoms with Gasteiger partial charge in [0.25, 0.3) is 0 Å². The number of carbonyl (C=O) groups excluding carboxylic acids is 1. The van der Waals surface area contributed by atoms with Crippen molar-refractivity contribution in [3.63, 3.8) is 0 Å². The molecule has 0 aliphatic rings. The minimum absolute atomic E-state index is 0.353. The number of nitrogens with one attached hydrogen (secondary N) is 1. The number of hydrogen-bond donors (Lipinski definition) is 1. The molecule has 0 saturated heterocycles. The number of nitrogens with zero attached hydrogens (tertiary/aromatic N) is 1. The zero-order valence-electron chi connectivity index (χ0n) is 21.9. The first-order chi connectivity index (χ1) is 16.3. The van der Waals surface area contributed by atoms with Gasteiger partial charge in [0.1, 0.15) is 6.54 Å². The molecule has 1 heterocycles. The van der Waals surface area contributed by atoms with Crippen LogP contribution in [-0.4, -0.2) is 12.7 Å². The van der Waals surface area contributed by atoms with Crippen LogP contribution in [0.5, 0.6) is 0 Å². The Balaban J connectivity index is 1.51. The van der Waals surface area contributed by atoms with Gasteiger partial charge in [-0.3, -0.25) is 0 Å². The molecule has 1 aromatic carbocycles. The van der Waals surface area contributed by atoms with Gasteiger partial charge in [-0.05, 0) is 50.8 Å². The number of alkyl carbamates (subject to hydrolysis) is 1. The number of benzene rings is 1. The van der Waals surface area contributed by atoms with Gasteiger partial charge < -0.3 is 10.1 Å². The van der Waals surface area contributed by atoms with Crippen molar-refractivity contribution in [3.8, 4) is 0 Å². The van der Waals surface area contributed by atoms with E-state index in [1.807, 2.05) is 39.0 Å². The summed E-state index contributed by atoms with van der Waals surface area (Å²) in [5.74, 6) is 0. The molecule has 4 nitrogen and oxygen atoms in total. The molecule has 2 rings (SSSR count). The summed E-state index contributed by atoms with van der Waals surface area (Å²) in [4.78, 5) is 12.3. The lowest BCUT2D eigenvalue weighted by Crippen LogP contribution is -2.41. The minimum atomic E-state index is -0.500. The van der Waals surface area contributed by atoms with Crippen LogP contribution in [0.4, 0.5) is 4.79 Å². The molecule has 0 bridgehead atoms. The summed E-state index contributed by atoms with van der Waals surface area (Å²) < 4.78 is 7.81. The first-order valence-electron chi connectivity index (χ1n) is 13.0. The summed E-state index contributed by atoms with van der Waals surface area (Å²) in [6, 6.07) is 14.6. The monoisotopic (exact) mass is 465 g/mol. The van der Waals surface area contributed by atoms with Gasteiger partial charge in [0, 0.05) is 25.0 Å². The third-order valence-electron chi connectivity index (χ3n) is 6.42. The van der Waals surface area contributed by atoms with Crippen LogP contribution in [0.3, 0.4) is 0 Å². The largest absolute Gasteiger partial charge is 0.450 e. The van der Waals surface area contributed by atoms with Crippen LogP contribution in [0.1, 0.15) is 95.9 Å². The highest BCUT2D eigenvalue weighted by atomic mass is 16.5. The molecule has 186 valence electrons. The Morgan fingerprint density at radius 3 is 2.32 bits per heavy atom. The van der Waals surface area contributed by atoms with Crippen molar-refractivity contribution in [2.45, 2.75) is 97.6 Å². The average molecular weight is 466 g/mol. The normalized spacial score (nSPS) is 11.3. The van der Waals surface area contributed by atoms with Gasteiger partial charge in [-0.2, -0.15) is 0 Å². The fourth-order valence-electron chi connectivity index (χ4n) is 4.20. The number of aryl methyl sites for hydroxylation is 2. The highest BCUT2D eigenvalue weighted by Gasteiger charge is 2.23. The molecule has 0 unspecified atom stereocenters. The standard InChI is InChI=1S/C30H44N2O2/c1-6-28-20-13-15-22-32(28)21-14-11-9-7-8-10-12-16-23-34-29(33)31-30(4,5)27-19-17-18-26(24-27)25(2)3/h13,15,17-20,22,24H,2,6-12,14,16,21,23H2,1,3-5H3/p+1. The molecule has 2 aromatic rings. The first-order valence-corrected chi connectivity index (χ1v) is 13.0. The summed E-state index contributed by atoms with van der Waals surface area (Å²) in [5.41, 5.74) is 4.05. The van der Waals surface area contributed by atoms with Crippen molar-refractivity contribution >= 4 is 11.7 Å². The number of allylic oxidation sites excluding steroid dienone is 1. The molecule has 0 saturated carbocycles. The molecule has 0 aliphatic carbocycles. The van der Waals surface area contributed by atoms with E-state index >= 15 is 0 Å². The SMILES string of the molecule is C=C(C)c1cccc(C(C)(C)NC(=O)OCCCCCCCCCC[n+]2ccccc2CC)c1. The van der Waals surface area contributed by atoms with Crippen LogP contribution in [0.15, 0.2) is 55.2 Å². The quantitative estimate of drug-likeness (QED) is 0.221. The molecule has 1 aromatic heterocycles. The van der Waals surface area contributed by atoms with Gasteiger partial charge in [0.2, 0.25) is 0 Å². The molecule has 0 aliphatic heterocycles. The number of hydrogen-bond acceptors (Lipinski definition) is 2. The van der Waals surface area contributed by atoms with E-state index in [1.54, 1.807) is 0 Å². The van der Waals surface area contributed by atoms with Gasteiger partial charge >= 0.3 is 6.09 Å². The number of aromatic nitrogens is 1. The topological polar surface area (TPSA) is 42.2 Å². The molecule has 34 heavy (non-hydrogen) atoms. The lowest BCUT2D eigenvalue weighted by Gasteiger charge is -2.27. The first kappa shape index (κ1) is 27.6. The molecule has 1 N–H and O–H groups in total. The summed E-state index contributed by atoms with van der Waals surface area (Å²) in [5, 5.41) is 3.00. The van der Waals surface area contributed by atoms with E-state index in [4.69, 9.17) is 4.74 Å². The molecular weight excluding hydrogens is 420 g/mol. The van der Waals surface area contributed by atoms with Crippen molar-refractivity contribution in [2.75, 3.05) is 6.61 Å². The van der Waals surface area contributed by atoms with Crippen LogP contribution in [-0.2, 0) is 23.2 Å². The molecule has 0 fully saturated rings. The second-order valence-electron chi connectivity index (χ2n) is 9.81. The minimum Gasteiger partial charge on any atom is -0.450 e. The number of carbonyl (C=O) groups is 1. The summed E-state index contributed by atoms with van der Waals surface area (Å²) in [7, 11) is 0. The van der Waals surface area contributed by atoms with Crippen LogP contribution in [0.25, 0.3) is 5.57 Å². The highest BCUT2D eigenvalue weighted by Crippen LogP contribution is 2.23. The van der Waals surface area contributed by atoms with Crippen LogP contribution in [0.2, 0.25) is 0 Å². The summed E-state index contributed by atoms with van der Waals surface area (Å²) in [6.45, 7) is 13.8. The Kier molecular flexibility index (Phi) is 11.9. The third kappa shape index (κ3) is 9.70. The maximum absolute atomic E-state index is 12.3. The zero-order valence-corrected chi connectivity index (χ0v) is 21.9. The number of ether oxygens (including phenoxy) is 1. The molecular formula is C30H45N2O2+. The Labute approximate surface area is 207 Å². The van der Waals surface area contributed by atoms with E-state index < -0.39 is 5.54 Å². The van der Waals surface area contributed by atoms with Crippen molar-refractivity contribution in [2.24, 2.45) is 0 Å². The number of rotatable bonds is 15. The van der Waals surface area contributed by atoms with Gasteiger partial charge in [-0.25, -0.2) is 9.36 Å². The summed E-state index contributed by atoms with van der Waals surface area (Å²) >= 11 is 0. The van der Waals surface area contributed by atoms with Crippen molar-refractivity contribution in [1.82, 2.24) is 5.32 Å². The van der Waals surface area contributed by atoms with Crippen molar-refractivity contribution in [1.29, 1.82) is 0 Å². The van der Waals surface area contributed by atoms with Gasteiger partial charge in [0.05, 0.1) is 12.1 Å². The number of unbranched alkanes of at least 4 members (excludes halogenated alkanes) is 7. The Hall–Kier alpha value is -2.62. The van der Waals surface area contributed by atoms with Crippen molar-refractivity contribution in [3.05, 3.63) is 72.1 Å². The van der Waals surface area contributed by atoms with Crippen LogP contribution < -0.4 is 9.88 Å². The molecule has 0 spiro atoms. The van der Waals surface area contributed by atoms with E-state index in [0.717, 1.165) is 42.5 Å². The number of amides is 1. The summed E-state index contributed by atoms with van der Waals surface area (Å²) in [6.07, 6.45) is 12.6. The van der Waals surface area contributed by atoms with E-state index in [9.17, 15) is 4.79 Å². The van der Waals surface area contributed by atoms with E-state index in [-0.39, 0.29) is 6.09 Å².